The van der Waals surface area contributed by atoms with E-state index in [1.807, 2.05) is 58.6 Å². The van der Waals surface area contributed by atoms with E-state index in [1.54, 1.807) is 6.92 Å². The molecule has 2 aromatic carbocycles. The number of hydrogen-bond donors (Lipinski definition) is 1. The standard InChI is InChI=1S/C16H13N3OS/c1-11(20)12-7-9-13(10-8-12)15-18-16(17)21-19(15)14-5-3-2-4-6-14/h2-10,17H,1H3/p+1. The number of carbonyl (C=O) groups excluding carboxylic acids is 1. The Morgan fingerprint density at radius 3 is 2.38 bits per heavy atom. The molecule has 0 aliphatic carbocycles. The molecule has 2 N–H and O–H groups in total. The molecular formula is C16H14N3OS+. The first-order valence-corrected chi connectivity index (χ1v) is 7.28. The number of nitrogen functional groups attached to an aromatic ring is 1. The zero-order valence-electron chi connectivity index (χ0n) is 11.5. The Hall–Kier alpha value is -2.53. The van der Waals surface area contributed by atoms with Crippen LogP contribution in [-0.4, -0.2) is 10.8 Å². The number of benzene rings is 2. The van der Waals surface area contributed by atoms with Crippen LogP contribution < -0.4 is 9.69 Å². The number of anilines is 1. The summed E-state index contributed by atoms with van der Waals surface area (Å²) < 4.78 is 1.98. The minimum absolute atomic E-state index is 0.0512. The van der Waals surface area contributed by atoms with Crippen molar-refractivity contribution in [3.05, 3.63) is 60.2 Å². The number of Topliss-reactive ketones (excluding diaryl/α,β-unsaturated/α-hetero) is 1. The van der Waals surface area contributed by atoms with E-state index in [1.165, 1.54) is 11.5 Å². The molecule has 0 saturated heterocycles. The van der Waals surface area contributed by atoms with E-state index in [-0.39, 0.29) is 5.78 Å². The first-order chi connectivity index (χ1) is 10.1. The number of nitrogens with zero attached hydrogens (tertiary/aromatic N) is 2. The SMILES string of the molecule is CC(=O)c1ccc(-c2nc(N)s[n+]2-c2ccccc2)cc1. The lowest BCUT2D eigenvalue weighted by Gasteiger charge is -1.99. The third-order valence-electron chi connectivity index (χ3n) is 3.13. The highest BCUT2D eigenvalue weighted by Gasteiger charge is 2.22. The van der Waals surface area contributed by atoms with Crippen LogP contribution in [0.1, 0.15) is 17.3 Å². The van der Waals surface area contributed by atoms with Crippen LogP contribution in [0.2, 0.25) is 0 Å². The van der Waals surface area contributed by atoms with Crippen LogP contribution in [0.25, 0.3) is 17.1 Å². The van der Waals surface area contributed by atoms with Gasteiger partial charge in [-0.1, -0.05) is 30.3 Å². The molecule has 0 spiro atoms. The molecule has 0 bridgehead atoms. The highest BCUT2D eigenvalue weighted by atomic mass is 32.1. The topological polar surface area (TPSA) is 59.9 Å². The van der Waals surface area contributed by atoms with Crippen LogP contribution in [0.15, 0.2) is 54.6 Å². The minimum atomic E-state index is 0.0512. The molecule has 3 rings (SSSR count). The van der Waals surface area contributed by atoms with E-state index in [0.29, 0.717) is 10.7 Å². The minimum Gasteiger partial charge on any atom is -0.351 e. The number of nitrogens with two attached hydrogens (primary N) is 1. The van der Waals surface area contributed by atoms with Crippen molar-refractivity contribution in [3.8, 4) is 17.1 Å². The van der Waals surface area contributed by atoms with Crippen molar-refractivity contribution in [1.29, 1.82) is 0 Å². The molecule has 0 aliphatic rings. The lowest BCUT2D eigenvalue weighted by Crippen LogP contribution is -2.27. The Labute approximate surface area is 126 Å². The second kappa shape index (κ2) is 5.46. The number of para-hydroxylation sites is 1. The fourth-order valence-corrected chi connectivity index (χ4v) is 2.86. The van der Waals surface area contributed by atoms with E-state index in [0.717, 1.165) is 17.1 Å². The Bertz CT molecular complexity index is 779. The number of rotatable bonds is 3. The molecule has 5 heteroatoms. The summed E-state index contributed by atoms with van der Waals surface area (Å²) in [6.07, 6.45) is 0. The largest absolute Gasteiger partial charge is 0.351 e. The Balaban J connectivity index is 2.09. The molecule has 0 unspecified atom stereocenters. The summed E-state index contributed by atoms with van der Waals surface area (Å²) in [7, 11) is 0. The van der Waals surface area contributed by atoms with E-state index in [9.17, 15) is 4.79 Å². The second-order valence-electron chi connectivity index (χ2n) is 4.63. The molecule has 0 fully saturated rings. The summed E-state index contributed by atoms with van der Waals surface area (Å²) in [5, 5.41) is 0.504. The fourth-order valence-electron chi connectivity index (χ4n) is 2.08. The smallest absolute Gasteiger partial charge is 0.350 e. The molecular weight excluding hydrogens is 282 g/mol. The molecule has 0 radical (unpaired) electrons. The number of aromatic nitrogens is 2. The van der Waals surface area contributed by atoms with Crippen LogP contribution in [0.3, 0.4) is 0 Å². The maximum Gasteiger partial charge on any atom is 0.350 e. The van der Waals surface area contributed by atoms with Gasteiger partial charge in [0.25, 0.3) is 0 Å². The van der Waals surface area contributed by atoms with Crippen LogP contribution in [0.5, 0.6) is 0 Å². The van der Waals surface area contributed by atoms with Crippen LogP contribution in [0, 0.1) is 0 Å². The predicted molar refractivity (Wildman–Crippen MR) is 83.5 cm³/mol. The lowest BCUT2D eigenvalue weighted by atomic mass is 10.1. The van der Waals surface area contributed by atoms with Gasteiger partial charge < -0.3 is 5.73 Å². The van der Waals surface area contributed by atoms with Gasteiger partial charge in [-0.2, -0.15) is 0 Å². The van der Waals surface area contributed by atoms with Crippen molar-refractivity contribution in [2.24, 2.45) is 0 Å². The first kappa shape index (κ1) is 13.5. The number of hydrogen-bond acceptors (Lipinski definition) is 4. The third-order valence-corrected chi connectivity index (χ3v) is 3.98. The lowest BCUT2D eigenvalue weighted by molar-refractivity contribution is -0.509. The van der Waals surface area contributed by atoms with Gasteiger partial charge in [-0.05, 0) is 36.2 Å². The monoisotopic (exact) mass is 296 g/mol. The van der Waals surface area contributed by atoms with Crippen molar-refractivity contribution in [1.82, 2.24) is 4.98 Å². The Morgan fingerprint density at radius 2 is 1.76 bits per heavy atom. The molecule has 0 aliphatic heterocycles. The van der Waals surface area contributed by atoms with Crippen LogP contribution in [0.4, 0.5) is 5.13 Å². The molecule has 4 nitrogen and oxygen atoms in total. The third kappa shape index (κ3) is 2.68. The van der Waals surface area contributed by atoms with Gasteiger partial charge in [0, 0.05) is 5.56 Å². The summed E-state index contributed by atoms with van der Waals surface area (Å²) in [6, 6.07) is 17.3. The summed E-state index contributed by atoms with van der Waals surface area (Å²) in [5.74, 6) is 0.828. The Morgan fingerprint density at radius 1 is 1.10 bits per heavy atom. The van der Waals surface area contributed by atoms with E-state index in [4.69, 9.17) is 5.73 Å². The highest BCUT2D eigenvalue weighted by molar-refractivity contribution is 7.05. The Kier molecular flexibility index (Phi) is 3.50. The maximum atomic E-state index is 11.3. The van der Waals surface area contributed by atoms with Gasteiger partial charge in [0.1, 0.15) is 17.2 Å². The summed E-state index contributed by atoms with van der Waals surface area (Å²) in [4.78, 5) is 15.8. The maximum absolute atomic E-state index is 11.3. The molecule has 21 heavy (non-hydrogen) atoms. The molecule has 0 saturated carbocycles. The average Bonchev–Trinajstić information content (AvgIpc) is 2.90. The van der Waals surface area contributed by atoms with Gasteiger partial charge >= 0.3 is 11.0 Å². The summed E-state index contributed by atoms with van der Waals surface area (Å²) in [5.41, 5.74) is 8.49. The van der Waals surface area contributed by atoms with E-state index in [2.05, 4.69) is 4.98 Å². The van der Waals surface area contributed by atoms with Gasteiger partial charge in [0.05, 0.1) is 5.56 Å². The zero-order valence-corrected chi connectivity index (χ0v) is 12.3. The fraction of sp³-hybridized carbons (Fsp3) is 0.0625. The van der Waals surface area contributed by atoms with Crippen molar-refractivity contribution in [3.63, 3.8) is 0 Å². The molecule has 0 atom stereocenters. The van der Waals surface area contributed by atoms with E-state index < -0.39 is 0 Å². The highest BCUT2D eigenvalue weighted by Crippen LogP contribution is 2.20. The van der Waals surface area contributed by atoms with Gasteiger partial charge in [-0.15, -0.1) is 3.96 Å². The first-order valence-electron chi connectivity index (χ1n) is 6.51. The van der Waals surface area contributed by atoms with E-state index >= 15 is 0 Å². The van der Waals surface area contributed by atoms with Crippen molar-refractivity contribution < 1.29 is 8.75 Å². The molecule has 1 heterocycles. The predicted octanol–water partition coefficient (Wildman–Crippen LogP) is 2.87. The van der Waals surface area contributed by atoms with Crippen molar-refractivity contribution in [2.75, 3.05) is 5.73 Å². The number of ketones is 1. The van der Waals surface area contributed by atoms with Crippen molar-refractivity contribution in [2.45, 2.75) is 6.92 Å². The van der Waals surface area contributed by atoms with Gasteiger partial charge in [0.15, 0.2) is 5.78 Å². The normalized spacial score (nSPS) is 10.5. The van der Waals surface area contributed by atoms with Gasteiger partial charge in [-0.25, -0.2) is 0 Å². The molecule has 1 aromatic heterocycles. The number of carbonyl (C=O) groups is 1. The molecule has 0 amide bonds. The van der Waals surface area contributed by atoms with Crippen LogP contribution >= 0.6 is 11.5 Å². The van der Waals surface area contributed by atoms with Gasteiger partial charge in [0.2, 0.25) is 0 Å². The van der Waals surface area contributed by atoms with Gasteiger partial charge in [-0.3, -0.25) is 4.79 Å². The average molecular weight is 296 g/mol. The summed E-state index contributed by atoms with van der Waals surface area (Å²) >= 11 is 1.39. The summed E-state index contributed by atoms with van der Waals surface area (Å²) in [6.45, 7) is 1.56. The molecule has 104 valence electrons. The quantitative estimate of drug-likeness (QED) is 0.597. The second-order valence-corrected chi connectivity index (χ2v) is 5.59. The zero-order chi connectivity index (χ0) is 14.8. The van der Waals surface area contributed by atoms with Crippen molar-refractivity contribution >= 4 is 22.4 Å². The molecule has 3 aromatic rings. The van der Waals surface area contributed by atoms with Crippen LogP contribution in [-0.2, 0) is 0 Å².